The lowest BCUT2D eigenvalue weighted by Crippen LogP contribution is -2.52. The molecule has 0 saturated carbocycles. The van der Waals surface area contributed by atoms with Crippen molar-refractivity contribution in [3.63, 3.8) is 0 Å². The summed E-state index contributed by atoms with van der Waals surface area (Å²) in [7, 11) is -4.42. The van der Waals surface area contributed by atoms with E-state index in [0.717, 1.165) is 3.97 Å². The van der Waals surface area contributed by atoms with Gasteiger partial charge in [-0.1, -0.05) is 158 Å². The van der Waals surface area contributed by atoms with E-state index in [-0.39, 0.29) is 16.1 Å². The van der Waals surface area contributed by atoms with Gasteiger partial charge >= 0.3 is 0 Å². The molecule has 298 valence electrons. The van der Waals surface area contributed by atoms with Crippen molar-refractivity contribution in [2.24, 2.45) is 0 Å². The average Bonchev–Trinajstić information content (AvgIpc) is 3.73. The molecule has 6 aromatic carbocycles. The number of rotatable bonds is 20. The summed E-state index contributed by atoms with van der Waals surface area (Å²) in [6.45, 7) is -6.32. The molecule has 0 aliphatic rings. The van der Waals surface area contributed by atoms with E-state index in [2.05, 4.69) is 0 Å². The molecule has 1 aromatic heterocycles. The number of nitrogens with zero attached hydrogens (tertiary/aromatic N) is 1. The number of aromatic nitrogens is 1. The van der Waals surface area contributed by atoms with E-state index >= 15 is 0 Å². The van der Waals surface area contributed by atoms with Gasteiger partial charge in [0.15, 0.2) is 0 Å². The molecule has 0 amide bonds. The van der Waals surface area contributed by atoms with Crippen LogP contribution in [0.25, 0.3) is 10.9 Å². The minimum atomic E-state index is -4.42. The molecule has 0 spiro atoms. The van der Waals surface area contributed by atoms with Gasteiger partial charge in [0.2, 0.25) is 0 Å². The third-order valence-corrected chi connectivity index (χ3v) is 11.1. The molecule has 7 rings (SSSR count). The highest BCUT2D eigenvalue weighted by atomic mass is 32.2. The van der Waals surface area contributed by atoms with Crippen LogP contribution in [0.5, 0.6) is 0 Å². The van der Waals surface area contributed by atoms with E-state index < -0.39 is 73.5 Å². The summed E-state index contributed by atoms with van der Waals surface area (Å²) in [6.07, 6.45) is -8.87. The molecule has 0 fully saturated rings. The van der Waals surface area contributed by atoms with Crippen LogP contribution in [-0.2, 0) is 55.3 Å². The molecule has 9 atom stereocenters. The number of hydrogen-bond donors (Lipinski definition) is 2. The van der Waals surface area contributed by atoms with Crippen LogP contribution in [0.2, 0.25) is 0 Å². The fourth-order valence-electron chi connectivity index (χ4n) is 6.49. The van der Waals surface area contributed by atoms with Crippen molar-refractivity contribution in [1.82, 2.24) is 3.97 Å². The van der Waals surface area contributed by atoms with Crippen molar-refractivity contribution in [2.75, 3.05) is 6.61 Å². The summed E-state index contributed by atoms with van der Waals surface area (Å²) in [5.74, 6) is 0. The van der Waals surface area contributed by atoms with Crippen molar-refractivity contribution in [1.29, 1.82) is 0 Å². The maximum atomic E-state index is 14.6. The van der Waals surface area contributed by atoms with Crippen molar-refractivity contribution in [2.45, 2.75) is 61.7 Å². The molecule has 9 nitrogen and oxygen atoms in total. The number of para-hydroxylation sites is 1. The maximum Gasteiger partial charge on any atom is 0.268 e. The summed E-state index contributed by atoms with van der Waals surface area (Å²) >= 11 is 0. The monoisotopic (exact) mass is 801 g/mol. The van der Waals surface area contributed by atoms with Crippen LogP contribution in [0.15, 0.2) is 187 Å². The van der Waals surface area contributed by atoms with Crippen molar-refractivity contribution < 1.29 is 43.1 Å². The van der Waals surface area contributed by atoms with Gasteiger partial charge in [-0.3, -0.25) is 0 Å². The van der Waals surface area contributed by atoms with Gasteiger partial charge in [0.05, 0.1) is 54.5 Å². The van der Waals surface area contributed by atoms with Gasteiger partial charge in [0.1, 0.15) is 30.5 Å². The number of benzene rings is 6. The van der Waals surface area contributed by atoms with Crippen LogP contribution in [0.3, 0.4) is 0 Å². The number of fused-ring (bicyclic) bond motifs is 1. The van der Waals surface area contributed by atoms with Crippen molar-refractivity contribution >= 4 is 20.9 Å². The van der Waals surface area contributed by atoms with Crippen molar-refractivity contribution in [3.05, 3.63) is 210 Å². The highest BCUT2D eigenvalue weighted by Crippen LogP contribution is 2.35. The Bertz CT molecular complexity index is 2560. The summed E-state index contributed by atoms with van der Waals surface area (Å²) in [6, 6.07) is 50.1. The van der Waals surface area contributed by atoms with Crippen LogP contribution < -0.4 is 0 Å². The molecule has 0 saturated heterocycles. The molecule has 0 aliphatic carbocycles. The topological polar surface area (TPSA) is 116 Å². The molecule has 2 N–H and O–H groups in total. The van der Waals surface area contributed by atoms with E-state index in [1.165, 1.54) is 18.2 Å². The van der Waals surface area contributed by atoms with Gasteiger partial charge < -0.3 is 29.2 Å². The second-order valence-electron chi connectivity index (χ2n) is 13.5. The normalized spacial score (nSPS) is 17.6. The van der Waals surface area contributed by atoms with Gasteiger partial charge in [-0.2, -0.15) is 0 Å². The molecule has 0 radical (unpaired) electrons. The first-order valence-electron chi connectivity index (χ1n) is 21.1. The highest BCUT2D eigenvalue weighted by molar-refractivity contribution is 7.90. The first-order valence-corrected chi connectivity index (χ1v) is 20.2. The predicted molar refractivity (Wildman–Crippen MR) is 223 cm³/mol. The lowest BCUT2D eigenvalue weighted by atomic mass is 9.96. The number of ether oxygens (including phenoxy) is 4. The highest BCUT2D eigenvalue weighted by Gasteiger charge is 2.43. The molecule has 0 bridgehead atoms. The maximum absolute atomic E-state index is 14.6. The molecular weight excluding hydrogens is 751 g/mol. The van der Waals surface area contributed by atoms with Gasteiger partial charge in [0.25, 0.3) is 10.0 Å². The summed E-state index contributed by atoms with van der Waals surface area (Å²) in [5, 5.41) is 25.6. The largest absolute Gasteiger partial charge is 0.388 e. The van der Waals surface area contributed by atoms with E-state index in [1.54, 1.807) is 164 Å². The zero-order valence-electron chi connectivity index (χ0n) is 35.4. The number of hydrogen-bond acceptors (Lipinski definition) is 8. The Hall–Kier alpha value is -5.43. The molecule has 10 heteroatoms. The fourth-order valence-corrected chi connectivity index (χ4v) is 8.06. The average molecular weight is 802 g/mol. The minimum absolute atomic E-state index is 0.0601. The Morgan fingerprint density at radius 3 is 1.45 bits per heavy atom. The number of aliphatic hydroxyl groups excluding tert-OH is 2. The quantitative estimate of drug-likeness (QED) is 0.0793. The molecular formula is C48H47NO8S. The third kappa shape index (κ3) is 10.2. The first kappa shape index (κ1) is 35.7. The summed E-state index contributed by atoms with van der Waals surface area (Å²) in [5.41, 5.74) is 1.73. The minimum Gasteiger partial charge on any atom is -0.388 e. The molecule has 0 aliphatic heterocycles. The first-order chi connectivity index (χ1) is 30.0. The molecule has 1 heterocycles. The second kappa shape index (κ2) is 19.8. The smallest absolute Gasteiger partial charge is 0.268 e. The molecule has 5 unspecified atom stereocenters. The molecule has 58 heavy (non-hydrogen) atoms. The Labute approximate surface area is 345 Å². The summed E-state index contributed by atoms with van der Waals surface area (Å²) < 4.78 is 92.0. The van der Waals surface area contributed by atoms with E-state index in [1.807, 2.05) is 0 Å². The van der Waals surface area contributed by atoms with E-state index in [0.29, 0.717) is 27.6 Å². The van der Waals surface area contributed by atoms with Crippen LogP contribution in [-0.4, -0.2) is 53.6 Å². The van der Waals surface area contributed by atoms with Gasteiger partial charge in [0, 0.05) is 5.39 Å². The lowest BCUT2D eigenvalue weighted by molar-refractivity contribution is -0.207. The zero-order valence-corrected chi connectivity index (χ0v) is 32.2. The molecule has 7 aromatic rings. The Kier molecular flexibility index (Phi) is 12.2. The van der Waals surface area contributed by atoms with E-state index in [9.17, 15) is 21.4 Å². The standard InChI is InChI=1S/C48H47NO8S/c50-44(35-54-31-36-18-6-1-7-19-36)46(55-32-37-20-8-2-9-21-37)48(57-34-39-24-12-4-13-25-39)47(56-33-38-22-10-3-11-23-38)45(51)43-30-40-26-16-17-29-42(40)49(43)58(52,53)41-27-14-5-15-28-41/h1-30,44-48,50-51H,31-35H2/t44-,45?,46-,47-,48+/m1/s1/i31D,32D,33D,34D/t31?,32?,33?,34?,44-,45?,46-,47-,48+. The SMILES string of the molecule is [2H]C(OC[C@@H](O)[C@@H](OC([2H])c1ccccc1)[C@H](OC([2H])c1ccccc1)[C@H](OC([2H])c1ccccc1)C(O)c1cc2ccccc2n1S(=O)(=O)c1ccccc1)c1ccccc1. The van der Waals surface area contributed by atoms with E-state index in [4.69, 9.17) is 21.7 Å². The lowest BCUT2D eigenvalue weighted by Gasteiger charge is -2.38. The fraction of sp³-hybridized carbons (Fsp3) is 0.208. The third-order valence-electron chi connectivity index (χ3n) is 9.38. The predicted octanol–water partition coefficient (Wildman–Crippen LogP) is 8.25. The van der Waals surface area contributed by atoms with Gasteiger partial charge in [-0.15, -0.1) is 0 Å². The number of aliphatic hydroxyl groups is 2. The Morgan fingerprint density at radius 1 is 0.517 bits per heavy atom. The van der Waals surface area contributed by atoms with Crippen LogP contribution >= 0.6 is 0 Å². The van der Waals surface area contributed by atoms with Crippen LogP contribution in [0, 0.1) is 0 Å². The van der Waals surface area contributed by atoms with Crippen LogP contribution in [0.1, 0.15) is 39.5 Å². The van der Waals surface area contributed by atoms with Gasteiger partial charge in [-0.05, 0) is 46.5 Å². The van der Waals surface area contributed by atoms with Gasteiger partial charge in [-0.25, -0.2) is 12.4 Å². The van der Waals surface area contributed by atoms with Crippen molar-refractivity contribution in [3.8, 4) is 0 Å². The van der Waals surface area contributed by atoms with Crippen LogP contribution in [0.4, 0.5) is 0 Å². The summed E-state index contributed by atoms with van der Waals surface area (Å²) in [4.78, 5) is -0.0601. The Morgan fingerprint density at radius 2 is 0.931 bits per heavy atom. The zero-order chi connectivity index (χ0) is 43.6. The second-order valence-corrected chi connectivity index (χ2v) is 15.3. The Balaban J connectivity index is 1.40.